The zero-order valence-corrected chi connectivity index (χ0v) is 8.68. The molecule has 1 fully saturated rings. The van der Waals surface area contributed by atoms with Gasteiger partial charge in [-0.15, -0.1) is 11.3 Å². The Morgan fingerprint density at radius 3 is 3.08 bits per heavy atom. The lowest BCUT2D eigenvalue weighted by Gasteiger charge is -2.36. The van der Waals surface area contributed by atoms with Gasteiger partial charge in [0.1, 0.15) is 0 Å². The van der Waals surface area contributed by atoms with Gasteiger partial charge in [0.15, 0.2) is 0 Å². The van der Waals surface area contributed by atoms with Crippen molar-refractivity contribution in [3.05, 3.63) is 16.6 Å². The molecular weight excluding hydrogens is 182 g/mol. The van der Waals surface area contributed by atoms with E-state index < -0.39 is 5.60 Å². The molecule has 0 radical (unpaired) electrons. The molecule has 0 saturated heterocycles. The van der Waals surface area contributed by atoms with Crippen molar-refractivity contribution in [1.82, 2.24) is 4.98 Å². The van der Waals surface area contributed by atoms with E-state index >= 15 is 0 Å². The molecule has 1 aromatic heterocycles. The zero-order valence-electron chi connectivity index (χ0n) is 7.86. The van der Waals surface area contributed by atoms with E-state index in [2.05, 4.69) is 4.98 Å². The molecule has 2 unspecified atom stereocenters. The molecule has 2 nitrogen and oxygen atoms in total. The minimum Gasteiger partial charge on any atom is -0.390 e. The number of nitrogens with zero attached hydrogens (tertiary/aromatic N) is 1. The SMILES string of the molecule is CC1(O)CCCCC1c1cncs1. The second kappa shape index (κ2) is 3.39. The molecule has 1 aliphatic rings. The van der Waals surface area contributed by atoms with Crippen LogP contribution in [0.2, 0.25) is 0 Å². The van der Waals surface area contributed by atoms with Gasteiger partial charge >= 0.3 is 0 Å². The number of rotatable bonds is 1. The lowest BCUT2D eigenvalue weighted by atomic mass is 9.76. The molecule has 72 valence electrons. The number of hydrogen-bond acceptors (Lipinski definition) is 3. The summed E-state index contributed by atoms with van der Waals surface area (Å²) in [6.07, 6.45) is 6.32. The van der Waals surface area contributed by atoms with E-state index in [0.29, 0.717) is 5.92 Å². The molecule has 13 heavy (non-hydrogen) atoms. The highest BCUT2D eigenvalue weighted by molar-refractivity contribution is 7.09. The molecule has 1 heterocycles. The molecule has 0 aromatic carbocycles. The van der Waals surface area contributed by atoms with Gasteiger partial charge in [-0.05, 0) is 19.8 Å². The summed E-state index contributed by atoms with van der Waals surface area (Å²) >= 11 is 1.66. The first-order chi connectivity index (χ1) is 6.20. The first kappa shape index (κ1) is 9.16. The Kier molecular flexibility index (Phi) is 2.39. The number of thiazole rings is 1. The lowest BCUT2D eigenvalue weighted by molar-refractivity contribution is 0.00172. The molecule has 1 saturated carbocycles. The summed E-state index contributed by atoms with van der Waals surface area (Å²) in [5.41, 5.74) is 1.34. The van der Waals surface area contributed by atoms with Gasteiger partial charge in [-0.3, -0.25) is 4.98 Å². The average Bonchev–Trinajstić information content (AvgIpc) is 2.55. The fourth-order valence-corrected chi connectivity index (χ4v) is 3.06. The third kappa shape index (κ3) is 1.76. The summed E-state index contributed by atoms with van der Waals surface area (Å²) in [5.74, 6) is 0.314. The van der Waals surface area contributed by atoms with Crippen LogP contribution in [0.25, 0.3) is 0 Å². The second-order valence-corrected chi connectivity index (χ2v) is 4.98. The average molecular weight is 197 g/mol. The van der Waals surface area contributed by atoms with Crippen LogP contribution in [0.3, 0.4) is 0 Å². The molecule has 3 heteroatoms. The van der Waals surface area contributed by atoms with Crippen LogP contribution in [0.5, 0.6) is 0 Å². The Morgan fingerprint density at radius 1 is 1.62 bits per heavy atom. The minimum absolute atomic E-state index is 0.314. The molecule has 0 amide bonds. The second-order valence-electron chi connectivity index (χ2n) is 4.06. The van der Waals surface area contributed by atoms with Gasteiger partial charge in [-0.2, -0.15) is 0 Å². The first-order valence-corrected chi connectivity index (χ1v) is 5.69. The van der Waals surface area contributed by atoms with Crippen LogP contribution in [-0.2, 0) is 0 Å². The van der Waals surface area contributed by atoms with E-state index in [4.69, 9.17) is 0 Å². The van der Waals surface area contributed by atoms with Gasteiger partial charge in [-0.1, -0.05) is 12.8 Å². The summed E-state index contributed by atoms with van der Waals surface area (Å²) in [5, 5.41) is 10.2. The summed E-state index contributed by atoms with van der Waals surface area (Å²) in [6.45, 7) is 1.95. The number of hydrogen-bond donors (Lipinski definition) is 1. The van der Waals surface area contributed by atoms with E-state index in [0.717, 1.165) is 19.3 Å². The maximum atomic E-state index is 10.2. The normalized spacial score (nSPS) is 34.8. The topological polar surface area (TPSA) is 33.1 Å². The molecular formula is C10H15NOS. The quantitative estimate of drug-likeness (QED) is 0.750. The molecule has 0 spiro atoms. The van der Waals surface area contributed by atoms with E-state index in [1.54, 1.807) is 11.3 Å². The molecule has 2 rings (SSSR count). The maximum absolute atomic E-state index is 10.2. The Hall–Kier alpha value is -0.410. The fraction of sp³-hybridized carbons (Fsp3) is 0.700. The van der Waals surface area contributed by atoms with E-state index in [1.165, 1.54) is 11.3 Å². The van der Waals surface area contributed by atoms with Crippen molar-refractivity contribution < 1.29 is 5.11 Å². The van der Waals surface area contributed by atoms with Gasteiger partial charge in [0, 0.05) is 17.0 Å². The maximum Gasteiger partial charge on any atom is 0.0794 e. The van der Waals surface area contributed by atoms with Crippen LogP contribution in [-0.4, -0.2) is 15.7 Å². The summed E-state index contributed by atoms with van der Waals surface area (Å²) in [7, 11) is 0. The summed E-state index contributed by atoms with van der Waals surface area (Å²) in [4.78, 5) is 5.31. The van der Waals surface area contributed by atoms with Gasteiger partial charge in [0.05, 0.1) is 11.1 Å². The molecule has 0 aliphatic heterocycles. The highest BCUT2D eigenvalue weighted by Crippen LogP contribution is 2.41. The molecule has 1 aliphatic carbocycles. The van der Waals surface area contributed by atoms with Crippen molar-refractivity contribution in [2.75, 3.05) is 0 Å². The first-order valence-electron chi connectivity index (χ1n) is 4.81. The third-order valence-corrected chi connectivity index (χ3v) is 3.86. The smallest absolute Gasteiger partial charge is 0.0794 e. The summed E-state index contributed by atoms with van der Waals surface area (Å²) < 4.78 is 0. The minimum atomic E-state index is -0.509. The zero-order chi connectivity index (χ0) is 9.31. The Balaban J connectivity index is 2.21. The predicted octanol–water partition coefficient (Wildman–Crippen LogP) is 2.55. The molecule has 2 atom stereocenters. The van der Waals surface area contributed by atoms with Crippen LogP contribution in [0, 0.1) is 0 Å². The van der Waals surface area contributed by atoms with Gasteiger partial charge in [0.2, 0.25) is 0 Å². The van der Waals surface area contributed by atoms with E-state index in [9.17, 15) is 5.11 Å². The largest absolute Gasteiger partial charge is 0.390 e. The van der Waals surface area contributed by atoms with Crippen molar-refractivity contribution in [1.29, 1.82) is 0 Å². The lowest BCUT2D eigenvalue weighted by Crippen LogP contribution is -2.35. The highest BCUT2D eigenvalue weighted by Gasteiger charge is 2.36. The predicted molar refractivity (Wildman–Crippen MR) is 53.9 cm³/mol. The Morgan fingerprint density at radius 2 is 2.46 bits per heavy atom. The van der Waals surface area contributed by atoms with Crippen molar-refractivity contribution in [2.24, 2.45) is 0 Å². The van der Waals surface area contributed by atoms with Gasteiger partial charge < -0.3 is 5.11 Å². The van der Waals surface area contributed by atoms with Crippen molar-refractivity contribution >= 4 is 11.3 Å². The van der Waals surface area contributed by atoms with Crippen LogP contribution < -0.4 is 0 Å². The highest BCUT2D eigenvalue weighted by atomic mass is 32.1. The fourth-order valence-electron chi connectivity index (χ4n) is 2.16. The third-order valence-electron chi connectivity index (χ3n) is 2.97. The molecule has 1 N–H and O–H groups in total. The van der Waals surface area contributed by atoms with Crippen LogP contribution in [0.1, 0.15) is 43.4 Å². The Bertz CT molecular complexity index is 268. The molecule has 0 bridgehead atoms. The Labute approximate surface area is 82.6 Å². The number of aliphatic hydroxyl groups is 1. The summed E-state index contributed by atoms with van der Waals surface area (Å²) in [6, 6.07) is 0. The van der Waals surface area contributed by atoms with Gasteiger partial charge in [0.25, 0.3) is 0 Å². The van der Waals surface area contributed by atoms with Crippen molar-refractivity contribution in [2.45, 2.75) is 44.1 Å². The monoisotopic (exact) mass is 197 g/mol. The van der Waals surface area contributed by atoms with Gasteiger partial charge in [-0.25, -0.2) is 0 Å². The number of aromatic nitrogens is 1. The standard InChI is InChI=1S/C10H15NOS/c1-10(12)5-3-2-4-8(10)9-6-11-7-13-9/h6-8,12H,2-5H2,1H3. The van der Waals surface area contributed by atoms with Crippen LogP contribution in [0.15, 0.2) is 11.7 Å². The van der Waals surface area contributed by atoms with E-state index in [1.807, 2.05) is 18.6 Å². The van der Waals surface area contributed by atoms with Crippen molar-refractivity contribution in [3.63, 3.8) is 0 Å². The van der Waals surface area contributed by atoms with Crippen LogP contribution in [0.4, 0.5) is 0 Å². The van der Waals surface area contributed by atoms with E-state index in [-0.39, 0.29) is 0 Å². The van der Waals surface area contributed by atoms with Crippen LogP contribution >= 0.6 is 11.3 Å². The van der Waals surface area contributed by atoms with Crippen molar-refractivity contribution in [3.8, 4) is 0 Å². The molecule has 1 aromatic rings.